The van der Waals surface area contributed by atoms with Gasteiger partial charge in [0.1, 0.15) is 5.78 Å². The highest BCUT2D eigenvalue weighted by atomic mass is 16.3. The third kappa shape index (κ3) is 3.52. The van der Waals surface area contributed by atoms with Gasteiger partial charge in [0.2, 0.25) is 0 Å². The minimum Gasteiger partial charge on any atom is -0.389 e. The molecule has 0 aromatic carbocycles. The average Bonchev–Trinajstić information content (AvgIpc) is 2.30. The van der Waals surface area contributed by atoms with Crippen molar-refractivity contribution in [2.24, 2.45) is 5.92 Å². The summed E-state index contributed by atoms with van der Waals surface area (Å²) in [5.74, 6) is 0.605. The fourth-order valence-electron chi connectivity index (χ4n) is 3.28. The number of rotatable bonds is 3. The first-order chi connectivity index (χ1) is 8.09. The Bertz CT molecular complexity index is 263. The zero-order valence-electron chi connectivity index (χ0n) is 11.0. The number of hydrogen-bond acceptors (Lipinski definition) is 3. The number of Topliss-reactive ketones (excluding diaryl/α,β-unsaturated/α-hetero) is 1. The minimum absolute atomic E-state index is 0.271. The number of ketones is 1. The molecule has 0 spiro atoms. The third-order valence-corrected chi connectivity index (χ3v) is 4.46. The van der Waals surface area contributed by atoms with Crippen molar-refractivity contribution in [3.63, 3.8) is 0 Å². The first-order valence-electron chi connectivity index (χ1n) is 7.04. The molecule has 3 heteroatoms. The zero-order valence-corrected chi connectivity index (χ0v) is 11.0. The van der Waals surface area contributed by atoms with Crippen LogP contribution in [0.1, 0.15) is 51.9 Å². The van der Waals surface area contributed by atoms with Crippen LogP contribution in [0.5, 0.6) is 0 Å². The van der Waals surface area contributed by atoms with Gasteiger partial charge in [-0.3, -0.25) is 4.79 Å². The van der Waals surface area contributed by atoms with E-state index in [4.69, 9.17) is 0 Å². The Morgan fingerprint density at radius 2 is 1.82 bits per heavy atom. The number of carbonyl (C=O) groups is 1. The molecular formula is C14H25NO2. The predicted octanol–water partition coefficient (Wildman–Crippen LogP) is 1.98. The van der Waals surface area contributed by atoms with Gasteiger partial charge in [-0.25, -0.2) is 0 Å². The quantitative estimate of drug-likeness (QED) is 0.818. The van der Waals surface area contributed by atoms with Crippen LogP contribution in [0, 0.1) is 5.92 Å². The normalized spacial score (nSPS) is 26.9. The smallest absolute Gasteiger partial charge is 0.133 e. The summed E-state index contributed by atoms with van der Waals surface area (Å²) in [4.78, 5) is 13.6. The Morgan fingerprint density at radius 1 is 1.24 bits per heavy atom. The first-order valence-corrected chi connectivity index (χ1v) is 7.04. The van der Waals surface area contributed by atoms with E-state index in [9.17, 15) is 9.90 Å². The maximum Gasteiger partial charge on any atom is 0.133 e. The summed E-state index contributed by atoms with van der Waals surface area (Å²) in [6, 6.07) is 0. The Labute approximate surface area is 104 Å². The van der Waals surface area contributed by atoms with Gasteiger partial charge in [-0.2, -0.15) is 0 Å². The van der Waals surface area contributed by atoms with Crippen molar-refractivity contribution >= 4 is 5.78 Å². The zero-order chi connectivity index (χ0) is 12.3. The number of β-amino-alcohol motifs (C(OH)–C–C–N with tert-alkyl or cyclic N) is 1. The highest BCUT2D eigenvalue weighted by Crippen LogP contribution is 2.30. The van der Waals surface area contributed by atoms with Gasteiger partial charge >= 0.3 is 0 Å². The maximum absolute atomic E-state index is 11.3. The van der Waals surface area contributed by atoms with Gasteiger partial charge in [-0.15, -0.1) is 0 Å². The minimum atomic E-state index is -0.443. The lowest BCUT2D eigenvalue weighted by molar-refractivity contribution is -0.122. The second kappa shape index (κ2) is 5.49. The topological polar surface area (TPSA) is 40.5 Å². The molecule has 0 atom stereocenters. The van der Waals surface area contributed by atoms with Crippen LogP contribution in [-0.4, -0.2) is 41.0 Å². The van der Waals surface area contributed by atoms with Crippen LogP contribution in [0.25, 0.3) is 0 Å². The Morgan fingerprint density at radius 3 is 2.35 bits per heavy atom. The second-order valence-electron chi connectivity index (χ2n) is 5.95. The SMILES string of the molecule is CC(=O)C1CCN(CC2(O)CCCCC2)CC1. The molecule has 2 rings (SSSR count). The first kappa shape index (κ1) is 13.0. The molecule has 0 unspecified atom stereocenters. The number of carbonyl (C=O) groups excluding carboxylic acids is 1. The molecule has 1 N–H and O–H groups in total. The van der Waals surface area contributed by atoms with Crippen molar-refractivity contribution in [1.82, 2.24) is 4.90 Å². The molecular weight excluding hydrogens is 214 g/mol. The van der Waals surface area contributed by atoms with Gasteiger partial charge in [0.05, 0.1) is 5.60 Å². The monoisotopic (exact) mass is 239 g/mol. The average molecular weight is 239 g/mol. The summed E-state index contributed by atoms with van der Waals surface area (Å²) < 4.78 is 0. The molecule has 98 valence electrons. The van der Waals surface area contributed by atoms with Crippen molar-refractivity contribution in [2.75, 3.05) is 19.6 Å². The van der Waals surface area contributed by atoms with Crippen molar-refractivity contribution in [2.45, 2.75) is 57.5 Å². The van der Waals surface area contributed by atoms with Gasteiger partial charge in [-0.05, 0) is 45.7 Å². The van der Waals surface area contributed by atoms with E-state index < -0.39 is 5.60 Å². The molecule has 3 nitrogen and oxygen atoms in total. The molecule has 0 bridgehead atoms. The number of piperidine rings is 1. The number of hydrogen-bond donors (Lipinski definition) is 1. The highest BCUT2D eigenvalue weighted by Gasteiger charge is 2.33. The van der Waals surface area contributed by atoms with Crippen LogP contribution in [0.15, 0.2) is 0 Å². The van der Waals surface area contributed by atoms with Crippen molar-refractivity contribution < 1.29 is 9.90 Å². The van der Waals surface area contributed by atoms with E-state index in [1.807, 2.05) is 0 Å². The number of likely N-dealkylation sites (tertiary alicyclic amines) is 1. The predicted molar refractivity (Wildman–Crippen MR) is 67.9 cm³/mol. The van der Waals surface area contributed by atoms with E-state index in [-0.39, 0.29) is 5.92 Å². The fraction of sp³-hybridized carbons (Fsp3) is 0.929. The molecule has 1 aliphatic heterocycles. The number of nitrogens with zero attached hydrogens (tertiary/aromatic N) is 1. The lowest BCUT2D eigenvalue weighted by atomic mass is 9.83. The largest absolute Gasteiger partial charge is 0.389 e. The van der Waals surface area contributed by atoms with Gasteiger partial charge in [0, 0.05) is 12.5 Å². The summed E-state index contributed by atoms with van der Waals surface area (Å²) in [6.07, 6.45) is 7.48. The molecule has 0 amide bonds. The van der Waals surface area contributed by atoms with Gasteiger partial charge < -0.3 is 10.0 Å². The van der Waals surface area contributed by atoms with E-state index in [2.05, 4.69) is 4.90 Å². The molecule has 17 heavy (non-hydrogen) atoms. The van der Waals surface area contributed by atoms with Crippen LogP contribution in [0.2, 0.25) is 0 Å². The van der Waals surface area contributed by atoms with Crippen LogP contribution >= 0.6 is 0 Å². The standard InChI is InChI=1S/C14H25NO2/c1-12(16)13-5-9-15(10-6-13)11-14(17)7-3-2-4-8-14/h13,17H,2-11H2,1H3. The second-order valence-corrected chi connectivity index (χ2v) is 5.95. The Kier molecular flexibility index (Phi) is 4.21. The summed E-state index contributed by atoms with van der Waals surface area (Å²) in [5.41, 5.74) is -0.443. The summed E-state index contributed by atoms with van der Waals surface area (Å²) in [7, 11) is 0. The molecule has 0 aromatic rings. The van der Waals surface area contributed by atoms with Crippen LogP contribution in [-0.2, 0) is 4.79 Å². The molecule has 0 aromatic heterocycles. The summed E-state index contributed by atoms with van der Waals surface area (Å²) in [5, 5.41) is 10.5. The molecule has 0 radical (unpaired) electrons. The molecule has 2 fully saturated rings. The van der Waals surface area contributed by atoms with Gasteiger partial charge in [0.25, 0.3) is 0 Å². The molecule has 1 saturated heterocycles. The van der Waals surface area contributed by atoms with Crippen LogP contribution in [0.4, 0.5) is 0 Å². The number of aliphatic hydroxyl groups is 1. The van der Waals surface area contributed by atoms with E-state index in [1.165, 1.54) is 19.3 Å². The molecule has 1 aliphatic carbocycles. The van der Waals surface area contributed by atoms with Gasteiger partial charge in [0.15, 0.2) is 0 Å². The van der Waals surface area contributed by atoms with E-state index in [1.54, 1.807) is 6.92 Å². The molecule has 2 aliphatic rings. The lowest BCUT2D eigenvalue weighted by Gasteiger charge is -2.39. The van der Waals surface area contributed by atoms with Gasteiger partial charge in [-0.1, -0.05) is 19.3 Å². The summed E-state index contributed by atoms with van der Waals surface area (Å²) >= 11 is 0. The Hall–Kier alpha value is -0.410. The summed E-state index contributed by atoms with van der Waals surface area (Å²) in [6.45, 7) is 4.48. The third-order valence-electron chi connectivity index (χ3n) is 4.46. The maximum atomic E-state index is 11.3. The fourth-order valence-corrected chi connectivity index (χ4v) is 3.28. The van der Waals surface area contributed by atoms with Crippen LogP contribution in [0.3, 0.4) is 0 Å². The lowest BCUT2D eigenvalue weighted by Crippen LogP contribution is -2.47. The van der Waals surface area contributed by atoms with E-state index >= 15 is 0 Å². The van der Waals surface area contributed by atoms with Crippen molar-refractivity contribution in [3.05, 3.63) is 0 Å². The molecule has 1 saturated carbocycles. The van der Waals surface area contributed by atoms with Crippen LogP contribution < -0.4 is 0 Å². The Balaban J connectivity index is 1.79. The molecule has 1 heterocycles. The van der Waals surface area contributed by atoms with E-state index in [0.29, 0.717) is 5.78 Å². The highest BCUT2D eigenvalue weighted by molar-refractivity contribution is 5.78. The van der Waals surface area contributed by atoms with Crippen molar-refractivity contribution in [3.8, 4) is 0 Å². The van der Waals surface area contributed by atoms with Crippen molar-refractivity contribution in [1.29, 1.82) is 0 Å². The van der Waals surface area contributed by atoms with E-state index in [0.717, 1.165) is 45.3 Å².